The minimum atomic E-state index is 0.695. The second-order valence-corrected chi connectivity index (χ2v) is 7.24. The molecule has 2 aliphatic heterocycles. The SMILES string of the molecule is CN(CCOCCOCCN1CCCC1)CCOCCN1CCCC1. The number of hydrogen-bond acceptors (Lipinski definition) is 6. The molecule has 0 aromatic heterocycles. The summed E-state index contributed by atoms with van der Waals surface area (Å²) in [5.74, 6) is 0. The van der Waals surface area contributed by atoms with Crippen molar-refractivity contribution < 1.29 is 14.2 Å². The molecule has 0 unspecified atom stereocenters. The van der Waals surface area contributed by atoms with E-state index in [0.29, 0.717) is 13.2 Å². The van der Waals surface area contributed by atoms with E-state index in [1.807, 2.05) is 0 Å². The van der Waals surface area contributed by atoms with Crippen LogP contribution in [0.5, 0.6) is 0 Å². The van der Waals surface area contributed by atoms with Crippen LogP contribution in [0.3, 0.4) is 0 Å². The van der Waals surface area contributed by atoms with Gasteiger partial charge in [-0.15, -0.1) is 0 Å². The number of rotatable bonds is 15. The Bertz CT molecular complexity index is 308. The molecule has 2 fully saturated rings. The molecule has 0 bridgehead atoms. The molecule has 2 heterocycles. The van der Waals surface area contributed by atoms with Gasteiger partial charge < -0.3 is 28.9 Å². The van der Waals surface area contributed by atoms with Crippen LogP contribution in [0.4, 0.5) is 0 Å². The average molecular weight is 358 g/mol. The van der Waals surface area contributed by atoms with Crippen LogP contribution in [0.1, 0.15) is 25.7 Å². The summed E-state index contributed by atoms with van der Waals surface area (Å²) in [6, 6.07) is 0. The van der Waals surface area contributed by atoms with E-state index in [1.54, 1.807) is 0 Å². The number of nitrogens with zero attached hydrogens (tertiary/aromatic N) is 3. The minimum Gasteiger partial charge on any atom is -0.379 e. The van der Waals surface area contributed by atoms with Crippen LogP contribution in [0, 0.1) is 0 Å². The van der Waals surface area contributed by atoms with Gasteiger partial charge in [0, 0.05) is 26.2 Å². The van der Waals surface area contributed by atoms with Crippen LogP contribution in [-0.4, -0.2) is 114 Å². The molecule has 0 saturated carbocycles. The molecule has 6 nitrogen and oxygen atoms in total. The molecular formula is C19H39N3O3. The second-order valence-electron chi connectivity index (χ2n) is 7.24. The van der Waals surface area contributed by atoms with E-state index in [2.05, 4.69) is 21.7 Å². The van der Waals surface area contributed by atoms with Gasteiger partial charge in [-0.2, -0.15) is 0 Å². The van der Waals surface area contributed by atoms with E-state index in [4.69, 9.17) is 14.2 Å². The molecule has 25 heavy (non-hydrogen) atoms. The monoisotopic (exact) mass is 357 g/mol. The van der Waals surface area contributed by atoms with Crippen molar-refractivity contribution in [3.8, 4) is 0 Å². The highest BCUT2D eigenvalue weighted by molar-refractivity contribution is 4.65. The van der Waals surface area contributed by atoms with Gasteiger partial charge in [0.2, 0.25) is 0 Å². The molecule has 0 aromatic carbocycles. The number of ether oxygens (including phenoxy) is 3. The summed E-state index contributed by atoms with van der Waals surface area (Å²) >= 11 is 0. The van der Waals surface area contributed by atoms with Crippen LogP contribution in [0.25, 0.3) is 0 Å². The Balaban J connectivity index is 1.27. The summed E-state index contributed by atoms with van der Waals surface area (Å²) in [5, 5.41) is 0. The lowest BCUT2D eigenvalue weighted by molar-refractivity contribution is 0.0313. The first kappa shape index (κ1) is 21.1. The lowest BCUT2D eigenvalue weighted by Gasteiger charge is -2.18. The number of likely N-dealkylation sites (tertiary alicyclic amines) is 2. The van der Waals surface area contributed by atoms with Crippen LogP contribution in [0.15, 0.2) is 0 Å². The summed E-state index contributed by atoms with van der Waals surface area (Å²) in [5.41, 5.74) is 0. The Kier molecular flexibility index (Phi) is 11.7. The zero-order chi connectivity index (χ0) is 17.6. The van der Waals surface area contributed by atoms with Gasteiger partial charge in [-0.05, 0) is 58.9 Å². The molecular weight excluding hydrogens is 318 g/mol. The maximum absolute atomic E-state index is 5.73. The van der Waals surface area contributed by atoms with Crippen molar-refractivity contribution >= 4 is 0 Å². The Morgan fingerprint density at radius 1 is 0.600 bits per heavy atom. The minimum absolute atomic E-state index is 0.695. The molecule has 2 saturated heterocycles. The van der Waals surface area contributed by atoms with Crippen molar-refractivity contribution in [3.63, 3.8) is 0 Å². The Morgan fingerprint density at radius 2 is 1.00 bits per heavy atom. The number of hydrogen-bond donors (Lipinski definition) is 0. The number of likely N-dealkylation sites (N-methyl/N-ethyl adjacent to an activating group) is 1. The fourth-order valence-corrected chi connectivity index (χ4v) is 3.38. The fourth-order valence-electron chi connectivity index (χ4n) is 3.38. The fraction of sp³-hybridized carbons (Fsp3) is 1.00. The van der Waals surface area contributed by atoms with Gasteiger partial charge in [0.1, 0.15) is 0 Å². The smallest absolute Gasteiger partial charge is 0.0701 e. The Hall–Kier alpha value is -0.240. The normalized spacial score (nSPS) is 19.4. The van der Waals surface area contributed by atoms with Gasteiger partial charge >= 0.3 is 0 Å². The predicted octanol–water partition coefficient (Wildman–Crippen LogP) is 1.16. The lowest BCUT2D eigenvalue weighted by Crippen LogP contribution is -2.29. The van der Waals surface area contributed by atoms with E-state index < -0.39 is 0 Å². The third-order valence-electron chi connectivity index (χ3n) is 5.11. The summed E-state index contributed by atoms with van der Waals surface area (Å²) in [7, 11) is 2.12. The third-order valence-corrected chi connectivity index (χ3v) is 5.11. The van der Waals surface area contributed by atoms with E-state index in [1.165, 1.54) is 51.9 Å². The van der Waals surface area contributed by atoms with Crippen molar-refractivity contribution in [2.24, 2.45) is 0 Å². The van der Waals surface area contributed by atoms with Gasteiger partial charge in [0.25, 0.3) is 0 Å². The molecule has 148 valence electrons. The lowest BCUT2D eigenvalue weighted by atomic mass is 10.4. The van der Waals surface area contributed by atoms with Gasteiger partial charge in [0.15, 0.2) is 0 Å². The van der Waals surface area contributed by atoms with Crippen molar-refractivity contribution in [2.75, 3.05) is 99.0 Å². The van der Waals surface area contributed by atoms with Gasteiger partial charge in [-0.1, -0.05) is 0 Å². The molecule has 0 N–H and O–H groups in total. The van der Waals surface area contributed by atoms with Crippen molar-refractivity contribution in [3.05, 3.63) is 0 Å². The molecule has 0 radical (unpaired) electrons. The predicted molar refractivity (Wildman–Crippen MR) is 101 cm³/mol. The van der Waals surface area contributed by atoms with Crippen LogP contribution < -0.4 is 0 Å². The highest BCUT2D eigenvalue weighted by atomic mass is 16.5. The molecule has 0 aromatic rings. The maximum atomic E-state index is 5.73. The molecule has 0 amide bonds. The van der Waals surface area contributed by atoms with E-state index in [0.717, 1.165) is 52.6 Å². The standard InChI is InChI=1S/C19H39N3O3/c1-20(10-14-23-16-12-21-6-2-3-7-21)11-15-24-18-19-25-17-13-22-8-4-5-9-22/h2-19H2,1H3. The van der Waals surface area contributed by atoms with Crippen LogP contribution in [0.2, 0.25) is 0 Å². The van der Waals surface area contributed by atoms with Crippen molar-refractivity contribution in [1.29, 1.82) is 0 Å². The molecule has 0 aliphatic carbocycles. The highest BCUT2D eigenvalue weighted by Crippen LogP contribution is 2.06. The zero-order valence-electron chi connectivity index (χ0n) is 16.3. The van der Waals surface area contributed by atoms with Crippen LogP contribution >= 0.6 is 0 Å². The molecule has 2 rings (SSSR count). The quantitative estimate of drug-likeness (QED) is 0.410. The highest BCUT2D eigenvalue weighted by Gasteiger charge is 2.11. The average Bonchev–Trinajstić information content (AvgIpc) is 3.30. The Labute approximate surface area is 154 Å². The molecule has 0 atom stereocenters. The van der Waals surface area contributed by atoms with Crippen molar-refractivity contribution in [2.45, 2.75) is 25.7 Å². The molecule has 0 spiro atoms. The van der Waals surface area contributed by atoms with Gasteiger partial charge in [-0.25, -0.2) is 0 Å². The summed E-state index contributed by atoms with van der Waals surface area (Å²) < 4.78 is 17.0. The zero-order valence-corrected chi connectivity index (χ0v) is 16.3. The first-order valence-electron chi connectivity index (χ1n) is 10.2. The molecule has 2 aliphatic rings. The van der Waals surface area contributed by atoms with Gasteiger partial charge in [0.05, 0.1) is 39.6 Å². The molecule has 6 heteroatoms. The topological polar surface area (TPSA) is 37.4 Å². The van der Waals surface area contributed by atoms with Crippen molar-refractivity contribution in [1.82, 2.24) is 14.7 Å². The van der Waals surface area contributed by atoms with Gasteiger partial charge in [-0.3, -0.25) is 0 Å². The summed E-state index contributed by atoms with van der Waals surface area (Å²) in [4.78, 5) is 7.23. The van der Waals surface area contributed by atoms with E-state index in [-0.39, 0.29) is 0 Å². The third kappa shape index (κ3) is 10.5. The second kappa shape index (κ2) is 13.9. The Morgan fingerprint density at radius 3 is 1.48 bits per heavy atom. The largest absolute Gasteiger partial charge is 0.379 e. The summed E-state index contributed by atoms with van der Waals surface area (Å²) in [6.07, 6.45) is 5.40. The van der Waals surface area contributed by atoms with Crippen LogP contribution in [-0.2, 0) is 14.2 Å². The first-order chi connectivity index (χ1) is 12.3. The van der Waals surface area contributed by atoms with E-state index in [9.17, 15) is 0 Å². The van der Waals surface area contributed by atoms with E-state index >= 15 is 0 Å². The first-order valence-corrected chi connectivity index (χ1v) is 10.2. The summed E-state index contributed by atoms with van der Waals surface area (Å²) in [6.45, 7) is 13.7. The maximum Gasteiger partial charge on any atom is 0.0701 e.